The van der Waals surface area contributed by atoms with Crippen LogP contribution >= 0.6 is 0 Å². The Morgan fingerprint density at radius 2 is 1.25 bits per heavy atom. The molecule has 0 fully saturated rings. The zero-order chi connectivity index (χ0) is 8.36. The molecular weight excluding hydrogens is 196 g/mol. The van der Waals surface area contributed by atoms with E-state index in [-0.39, 0.29) is 14.9 Å². The van der Waals surface area contributed by atoms with Crippen LogP contribution in [0, 0.1) is 0 Å². The Morgan fingerprint density at radius 3 is 1.33 bits per heavy atom. The van der Waals surface area contributed by atoms with Crippen molar-refractivity contribution in [2.45, 2.75) is 54.1 Å². The van der Waals surface area contributed by atoms with Crippen LogP contribution in [-0.4, -0.2) is 25.2 Å². The molecule has 12 heavy (non-hydrogen) atoms. The summed E-state index contributed by atoms with van der Waals surface area (Å²) in [5.41, 5.74) is 0. The molecule has 1 nitrogen and oxygen atoms in total. The van der Waals surface area contributed by atoms with Gasteiger partial charge in [0, 0.05) is 0 Å². The third-order valence-electron chi connectivity index (χ3n) is 1.93. The SMILES string of the molecule is C.C.C[SiH](C)O[Si](C)(C)[SiH](C)C. The maximum atomic E-state index is 6.04. The van der Waals surface area contributed by atoms with Gasteiger partial charge in [0.05, 0.1) is 8.31 Å². The maximum Gasteiger partial charge on any atom is 0.156 e. The second kappa shape index (κ2) is 7.06. The predicted octanol–water partition coefficient (Wildman–Crippen LogP) is 3.03. The van der Waals surface area contributed by atoms with Crippen LogP contribution < -0.4 is 0 Å². The highest BCUT2D eigenvalue weighted by Crippen LogP contribution is 2.10. The molecule has 0 N–H and O–H groups in total. The predicted molar refractivity (Wildman–Crippen MR) is 69.8 cm³/mol. The molecule has 0 unspecified atom stereocenters. The Kier molecular flexibility index (Phi) is 10.8. The highest BCUT2D eigenvalue weighted by Gasteiger charge is 2.27. The van der Waals surface area contributed by atoms with Gasteiger partial charge in [0.25, 0.3) is 0 Å². The second-order valence-corrected chi connectivity index (χ2v) is 20.1. The highest BCUT2D eigenvalue weighted by molar-refractivity contribution is 7.29. The smallest absolute Gasteiger partial charge is 0.156 e. The molecule has 0 rings (SSSR count). The van der Waals surface area contributed by atoms with E-state index in [1.807, 2.05) is 0 Å². The van der Waals surface area contributed by atoms with Gasteiger partial charge in [0.1, 0.15) is 0 Å². The fourth-order valence-electron chi connectivity index (χ4n) is 0.744. The van der Waals surface area contributed by atoms with Gasteiger partial charge in [0.2, 0.25) is 0 Å². The summed E-state index contributed by atoms with van der Waals surface area (Å²) in [7, 11) is -2.38. The quantitative estimate of drug-likeness (QED) is 0.670. The van der Waals surface area contributed by atoms with Crippen molar-refractivity contribution in [3.63, 3.8) is 0 Å². The third-order valence-corrected chi connectivity index (χ3v) is 18.6. The molecule has 4 heteroatoms. The van der Waals surface area contributed by atoms with E-state index in [0.717, 1.165) is 0 Å². The van der Waals surface area contributed by atoms with Gasteiger partial charge in [-0.3, -0.25) is 0 Å². The molecule has 0 atom stereocenters. The molecule has 0 aromatic rings. The molecule has 0 radical (unpaired) electrons. The van der Waals surface area contributed by atoms with E-state index in [1.54, 1.807) is 0 Å². The Labute approximate surface area is 83.8 Å². The first kappa shape index (κ1) is 18.4. The number of hydrogen-bond donors (Lipinski definition) is 0. The molecule has 0 saturated heterocycles. The minimum Gasteiger partial charge on any atom is -0.461 e. The van der Waals surface area contributed by atoms with Crippen LogP contribution in [0.5, 0.6) is 0 Å². The van der Waals surface area contributed by atoms with Crippen molar-refractivity contribution in [2.24, 2.45) is 0 Å². The van der Waals surface area contributed by atoms with Crippen LogP contribution in [0.1, 0.15) is 14.9 Å². The molecule has 0 aliphatic carbocycles. The molecule has 0 aromatic heterocycles. The Morgan fingerprint density at radius 1 is 0.917 bits per heavy atom. The number of rotatable bonds is 3. The fraction of sp³-hybridized carbons (Fsp3) is 1.00. The Hall–Kier alpha value is 0.611. The lowest BCUT2D eigenvalue weighted by Gasteiger charge is -2.28. The average Bonchev–Trinajstić information content (AvgIpc) is 1.60. The third kappa shape index (κ3) is 7.27. The normalized spacial score (nSPS) is 11.0. The maximum absolute atomic E-state index is 6.04. The minimum absolute atomic E-state index is 0. The molecule has 0 bridgehead atoms. The molecule has 78 valence electrons. The minimum atomic E-state index is -1.14. The van der Waals surface area contributed by atoms with Gasteiger partial charge in [-0.05, 0) is 26.2 Å². The van der Waals surface area contributed by atoms with E-state index in [2.05, 4.69) is 39.3 Å². The molecule has 0 amide bonds. The van der Waals surface area contributed by atoms with Gasteiger partial charge in [-0.15, -0.1) is 0 Å². The van der Waals surface area contributed by atoms with Crippen molar-refractivity contribution in [1.82, 2.24) is 0 Å². The van der Waals surface area contributed by atoms with Crippen molar-refractivity contribution < 1.29 is 4.12 Å². The van der Waals surface area contributed by atoms with Gasteiger partial charge < -0.3 is 4.12 Å². The van der Waals surface area contributed by atoms with Crippen molar-refractivity contribution in [3.8, 4) is 0 Å². The van der Waals surface area contributed by atoms with E-state index < -0.39 is 25.2 Å². The lowest BCUT2D eigenvalue weighted by Crippen LogP contribution is -2.47. The molecule has 0 aliphatic rings. The van der Waals surface area contributed by atoms with E-state index in [4.69, 9.17) is 4.12 Å². The molecule has 0 aromatic carbocycles. The summed E-state index contributed by atoms with van der Waals surface area (Å²) < 4.78 is 6.04. The summed E-state index contributed by atoms with van der Waals surface area (Å²) in [4.78, 5) is 0. The van der Waals surface area contributed by atoms with Crippen LogP contribution in [0.4, 0.5) is 0 Å². The van der Waals surface area contributed by atoms with E-state index in [9.17, 15) is 0 Å². The Bertz CT molecular complexity index is 102. The van der Waals surface area contributed by atoms with E-state index in [0.29, 0.717) is 0 Å². The van der Waals surface area contributed by atoms with Crippen LogP contribution in [0.25, 0.3) is 0 Å². The Balaban J connectivity index is -0.000000405. The zero-order valence-electron chi connectivity index (χ0n) is 8.06. The van der Waals surface area contributed by atoms with Gasteiger partial charge in [-0.2, -0.15) is 0 Å². The zero-order valence-corrected chi connectivity index (χ0v) is 11.4. The van der Waals surface area contributed by atoms with E-state index in [1.165, 1.54) is 0 Å². The van der Waals surface area contributed by atoms with Gasteiger partial charge in [-0.1, -0.05) is 27.9 Å². The summed E-state index contributed by atoms with van der Waals surface area (Å²) in [6, 6.07) is 0. The van der Waals surface area contributed by atoms with Crippen molar-refractivity contribution in [3.05, 3.63) is 0 Å². The molecular formula is C8H28OSi3. The van der Waals surface area contributed by atoms with Crippen LogP contribution in [-0.2, 0) is 4.12 Å². The first-order valence-corrected chi connectivity index (χ1v) is 13.8. The summed E-state index contributed by atoms with van der Waals surface area (Å²) in [5.74, 6) is 0. The second-order valence-electron chi connectivity index (χ2n) is 3.92. The van der Waals surface area contributed by atoms with Crippen molar-refractivity contribution >= 4 is 25.2 Å². The number of hydrogen-bond acceptors (Lipinski definition) is 1. The van der Waals surface area contributed by atoms with Gasteiger partial charge >= 0.3 is 0 Å². The van der Waals surface area contributed by atoms with Crippen molar-refractivity contribution in [1.29, 1.82) is 0 Å². The van der Waals surface area contributed by atoms with Gasteiger partial charge in [-0.25, -0.2) is 0 Å². The first-order chi connectivity index (χ1) is 4.36. The largest absolute Gasteiger partial charge is 0.461 e. The molecule has 0 spiro atoms. The summed E-state index contributed by atoms with van der Waals surface area (Å²) >= 11 is 0. The van der Waals surface area contributed by atoms with Gasteiger partial charge in [0.15, 0.2) is 16.9 Å². The lowest BCUT2D eigenvalue weighted by molar-refractivity contribution is 0.596. The van der Waals surface area contributed by atoms with Crippen molar-refractivity contribution in [2.75, 3.05) is 0 Å². The van der Waals surface area contributed by atoms with E-state index >= 15 is 0 Å². The summed E-state index contributed by atoms with van der Waals surface area (Å²) in [6.07, 6.45) is 0. The monoisotopic (exact) mass is 224 g/mol. The topological polar surface area (TPSA) is 9.23 Å². The average molecular weight is 225 g/mol. The van der Waals surface area contributed by atoms with Crippen LogP contribution in [0.15, 0.2) is 0 Å². The molecule has 0 aliphatic heterocycles. The van der Waals surface area contributed by atoms with Crippen LogP contribution in [0.2, 0.25) is 39.3 Å². The first-order valence-electron chi connectivity index (χ1n) is 4.04. The fourth-order valence-corrected chi connectivity index (χ4v) is 11.6. The lowest BCUT2D eigenvalue weighted by atomic mass is 11.9. The molecule has 0 heterocycles. The summed E-state index contributed by atoms with van der Waals surface area (Å²) in [5, 5.41) is 0. The molecule has 0 saturated carbocycles. The summed E-state index contributed by atoms with van der Waals surface area (Å²) in [6.45, 7) is 14.1. The van der Waals surface area contributed by atoms with Crippen LogP contribution in [0.3, 0.4) is 0 Å². The highest BCUT2D eigenvalue weighted by atomic mass is 29.2. The standard InChI is InChI=1S/C6H20OSi3.2CH4/c1-8(2)7-10(5,6)9(3)4;;/h8-9H,1-6H3;2*1H4.